The first-order chi connectivity index (χ1) is 16.7. The molecule has 7 heteroatoms. The Bertz CT molecular complexity index is 1290. The van der Waals surface area contributed by atoms with E-state index in [-0.39, 0.29) is 11.8 Å². The Morgan fingerprint density at radius 1 is 0.971 bits per heavy atom. The number of pyridine rings is 2. The molecule has 0 N–H and O–H groups in total. The fourth-order valence-corrected chi connectivity index (χ4v) is 4.43. The molecule has 0 aliphatic carbocycles. The van der Waals surface area contributed by atoms with E-state index < -0.39 is 0 Å². The van der Waals surface area contributed by atoms with Gasteiger partial charge in [-0.2, -0.15) is 0 Å². The molecule has 0 bridgehead atoms. The standard InChI is InChI=1S/C27H25N5O2/c1-34-26-10-3-2-7-23(26)25-9-4-8-24(31-25)19-6-5-11-32(17-19)27(33)21-12-20(13-28-14-21)22-15-29-18-30-16-22/h2-4,7-10,12-16,18-19H,5-6,11,17H2,1H3/t19-/m1/s1. The summed E-state index contributed by atoms with van der Waals surface area (Å²) in [4.78, 5) is 32.6. The van der Waals surface area contributed by atoms with E-state index in [0.29, 0.717) is 12.1 Å². The Labute approximate surface area is 198 Å². The zero-order chi connectivity index (χ0) is 23.3. The molecule has 170 valence electrons. The summed E-state index contributed by atoms with van der Waals surface area (Å²) in [7, 11) is 1.67. The van der Waals surface area contributed by atoms with Crippen molar-refractivity contribution in [2.45, 2.75) is 18.8 Å². The number of piperidine rings is 1. The molecule has 5 rings (SSSR count). The average molecular weight is 452 g/mol. The highest BCUT2D eigenvalue weighted by molar-refractivity contribution is 5.95. The molecule has 34 heavy (non-hydrogen) atoms. The van der Waals surface area contributed by atoms with E-state index in [1.165, 1.54) is 6.33 Å². The van der Waals surface area contributed by atoms with Crippen LogP contribution in [0, 0.1) is 0 Å². The second-order valence-corrected chi connectivity index (χ2v) is 8.33. The van der Waals surface area contributed by atoms with Gasteiger partial charge in [0.2, 0.25) is 0 Å². The number of ether oxygens (including phenoxy) is 1. The summed E-state index contributed by atoms with van der Waals surface area (Å²) < 4.78 is 5.52. The van der Waals surface area contributed by atoms with Crippen LogP contribution in [-0.4, -0.2) is 50.9 Å². The van der Waals surface area contributed by atoms with Gasteiger partial charge in [-0.05, 0) is 43.2 Å². The Kier molecular flexibility index (Phi) is 6.25. The number of aromatic nitrogens is 4. The molecule has 1 aliphatic heterocycles. The third-order valence-electron chi connectivity index (χ3n) is 6.16. The maximum Gasteiger partial charge on any atom is 0.255 e. The summed E-state index contributed by atoms with van der Waals surface area (Å²) in [5, 5.41) is 0. The number of nitrogens with zero attached hydrogens (tertiary/aromatic N) is 5. The molecular formula is C27H25N5O2. The number of amides is 1. The highest BCUT2D eigenvalue weighted by atomic mass is 16.5. The van der Waals surface area contributed by atoms with Crippen molar-refractivity contribution < 1.29 is 9.53 Å². The molecule has 1 amide bonds. The van der Waals surface area contributed by atoms with Crippen molar-refractivity contribution in [1.82, 2.24) is 24.8 Å². The van der Waals surface area contributed by atoms with E-state index in [0.717, 1.165) is 53.2 Å². The SMILES string of the molecule is COc1ccccc1-c1cccc([C@@H]2CCCN(C(=O)c3cncc(-c4cncnc4)c3)C2)n1. The topological polar surface area (TPSA) is 81.1 Å². The summed E-state index contributed by atoms with van der Waals surface area (Å²) in [6.45, 7) is 1.35. The van der Waals surface area contributed by atoms with Crippen LogP contribution in [0.3, 0.4) is 0 Å². The van der Waals surface area contributed by atoms with Crippen molar-refractivity contribution in [3.63, 3.8) is 0 Å². The lowest BCUT2D eigenvalue weighted by Gasteiger charge is -2.32. The van der Waals surface area contributed by atoms with Gasteiger partial charge in [0.25, 0.3) is 5.91 Å². The zero-order valence-corrected chi connectivity index (χ0v) is 19.0. The number of hydrogen-bond acceptors (Lipinski definition) is 6. The minimum atomic E-state index is -0.0169. The molecule has 4 aromatic rings. The predicted octanol–water partition coefficient (Wildman–Crippen LogP) is 4.63. The van der Waals surface area contributed by atoms with Crippen molar-refractivity contribution in [3.05, 3.63) is 90.9 Å². The molecular weight excluding hydrogens is 426 g/mol. The van der Waals surface area contributed by atoms with Crippen LogP contribution in [0.5, 0.6) is 5.75 Å². The van der Waals surface area contributed by atoms with Gasteiger partial charge in [-0.3, -0.25) is 14.8 Å². The predicted molar refractivity (Wildman–Crippen MR) is 129 cm³/mol. The van der Waals surface area contributed by atoms with Gasteiger partial charge >= 0.3 is 0 Å². The third kappa shape index (κ3) is 4.50. The zero-order valence-electron chi connectivity index (χ0n) is 19.0. The van der Waals surface area contributed by atoms with Crippen LogP contribution in [-0.2, 0) is 0 Å². The summed E-state index contributed by atoms with van der Waals surface area (Å²) in [6.07, 6.45) is 10.2. The number of benzene rings is 1. The molecule has 0 unspecified atom stereocenters. The van der Waals surface area contributed by atoms with Crippen LogP contribution >= 0.6 is 0 Å². The quantitative estimate of drug-likeness (QED) is 0.440. The van der Waals surface area contributed by atoms with E-state index in [2.05, 4.69) is 21.0 Å². The van der Waals surface area contributed by atoms with Crippen LogP contribution in [0.4, 0.5) is 0 Å². The number of carbonyl (C=O) groups is 1. The highest BCUT2D eigenvalue weighted by Crippen LogP contribution is 2.32. The van der Waals surface area contributed by atoms with E-state index >= 15 is 0 Å². The molecule has 1 saturated heterocycles. The van der Waals surface area contributed by atoms with Gasteiger partial charge in [0.15, 0.2) is 0 Å². The van der Waals surface area contributed by atoms with Crippen LogP contribution in [0.1, 0.15) is 34.8 Å². The highest BCUT2D eigenvalue weighted by Gasteiger charge is 2.27. The van der Waals surface area contributed by atoms with E-state index in [4.69, 9.17) is 9.72 Å². The van der Waals surface area contributed by atoms with Crippen LogP contribution < -0.4 is 4.74 Å². The van der Waals surface area contributed by atoms with Crippen molar-refractivity contribution in [3.8, 4) is 28.1 Å². The number of methoxy groups -OCH3 is 1. The van der Waals surface area contributed by atoms with Crippen molar-refractivity contribution >= 4 is 5.91 Å². The molecule has 7 nitrogen and oxygen atoms in total. The largest absolute Gasteiger partial charge is 0.496 e. The Morgan fingerprint density at radius 2 is 1.79 bits per heavy atom. The summed E-state index contributed by atoms with van der Waals surface area (Å²) in [6, 6.07) is 15.8. The maximum absolute atomic E-state index is 13.3. The minimum Gasteiger partial charge on any atom is -0.496 e. The molecule has 1 aromatic carbocycles. The number of likely N-dealkylation sites (tertiary alicyclic amines) is 1. The fraction of sp³-hybridized carbons (Fsp3) is 0.222. The monoisotopic (exact) mass is 451 g/mol. The molecule has 4 heterocycles. The second-order valence-electron chi connectivity index (χ2n) is 8.33. The van der Waals surface area contributed by atoms with Crippen molar-refractivity contribution in [2.24, 2.45) is 0 Å². The van der Waals surface area contributed by atoms with Crippen LogP contribution in [0.25, 0.3) is 22.4 Å². The number of para-hydroxylation sites is 1. The molecule has 3 aromatic heterocycles. The maximum atomic E-state index is 13.3. The van der Waals surface area contributed by atoms with Crippen LogP contribution in [0.15, 0.2) is 79.6 Å². The van der Waals surface area contributed by atoms with E-state index in [9.17, 15) is 4.79 Å². The smallest absolute Gasteiger partial charge is 0.255 e. The molecule has 1 atom stereocenters. The van der Waals surface area contributed by atoms with Crippen molar-refractivity contribution in [2.75, 3.05) is 20.2 Å². The lowest BCUT2D eigenvalue weighted by atomic mass is 9.93. The van der Waals surface area contributed by atoms with Gasteiger partial charge in [0, 0.05) is 66.2 Å². The fourth-order valence-electron chi connectivity index (χ4n) is 4.43. The van der Waals surface area contributed by atoms with Gasteiger partial charge in [0.1, 0.15) is 12.1 Å². The number of carbonyl (C=O) groups excluding carboxylic acids is 1. The molecule has 0 radical (unpaired) electrons. The second kappa shape index (κ2) is 9.79. The van der Waals surface area contributed by atoms with Gasteiger partial charge in [-0.25, -0.2) is 9.97 Å². The van der Waals surface area contributed by atoms with Crippen molar-refractivity contribution in [1.29, 1.82) is 0 Å². The molecule has 1 fully saturated rings. The summed E-state index contributed by atoms with van der Waals surface area (Å²) >= 11 is 0. The molecule has 0 saturated carbocycles. The molecule has 0 spiro atoms. The lowest BCUT2D eigenvalue weighted by molar-refractivity contribution is 0.0705. The number of rotatable bonds is 5. The lowest BCUT2D eigenvalue weighted by Crippen LogP contribution is -2.39. The Hall–Kier alpha value is -4.13. The minimum absolute atomic E-state index is 0.0169. The summed E-state index contributed by atoms with van der Waals surface area (Å²) in [5.74, 6) is 0.951. The normalized spacial score (nSPS) is 15.7. The van der Waals surface area contributed by atoms with E-state index in [1.807, 2.05) is 47.4 Å². The Morgan fingerprint density at radius 3 is 2.65 bits per heavy atom. The number of hydrogen-bond donors (Lipinski definition) is 0. The average Bonchev–Trinajstić information content (AvgIpc) is 2.93. The van der Waals surface area contributed by atoms with Gasteiger partial charge in [-0.15, -0.1) is 0 Å². The molecule has 1 aliphatic rings. The van der Waals surface area contributed by atoms with Crippen LogP contribution in [0.2, 0.25) is 0 Å². The van der Waals surface area contributed by atoms with Gasteiger partial charge < -0.3 is 9.64 Å². The first-order valence-electron chi connectivity index (χ1n) is 11.3. The third-order valence-corrected chi connectivity index (χ3v) is 6.16. The van der Waals surface area contributed by atoms with Gasteiger partial charge in [-0.1, -0.05) is 18.2 Å². The first kappa shape index (κ1) is 21.7. The first-order valence-corrected chi connectivity index (χ1v) is 11.3. The van der Waals surface area contributed by atoms with E-state index in [1.54, 1.807) is 31.9 Å². The van der Waals surface area contributed by atoms with Gasteiger partial charge in [0.05, 0.1) is 18.4 Å². The Balaban J connectivity index is 1.36. The summed E-state index contributed by atoms with van der Waals surface area (Å²) in [5.41, 5.74) is 5.06.